The van der Waals surface area contributed by atoms with Crippen LogP contribution >= 0.6 is 0 Å². The van der Waals surface area contributed by atoms with Gasteiger partial charge in [0.1, 0.15) is 5.82 Å². The van der Waals surface area contributed by atoms with E-state index in [2.05, 4.69) is 30.2 Å². The maximum absolute atomic E-state index is 8.95. The van der Waals surface area contributed by atoms with Crippen molar-refractivity contribution in [2.24, 2.45) is 5.92 Å². The fourth-order valence-electron chi connectivity index (χ4n) is 1.48. The Morgan fingerprint density at radius 3 is 2.88 bits per heavy atom. The van der Waals surface area contributed by atoms with Crippen LogP contribution in [-0.2, 0) is 0 Å². The zero-order chi connectivity index (χ0) is 12.0. The van der Waals surface area contributed by atoms with Gasteiger partial charge in [0.15, 0.2) is 0 Å². The van der Waals surface area contributed by atoms with Gasteiger partial charge in [0, 0.05) is 18.8 Å². The van der Waals surface area contributed by atoms with E-state index in [9.17, 15) is 0 Å². The van der Waals surface area contributed by atoms with Gasteiger partial charge in [0.05, 0.1) is 11.6 Å². The molecular weight excluding hydrogens is 202 g/mol. The monoisotopic (exact) mass is 219 g/mol. The van der Waals surface area contributed by atoms with E-state index in [-0.39, 0.29) is 12.6 Å². The molecule has 4 heteroatoms. The van der Waals surface area contributed by atoms with E-state index in [0.29, 0.717) is 23.7 Å². The molecule has 0 aliphatic rings. The molecular formula is C12H17N3O. The predicted octanol–water partition coefficient (Wildman–Crippen LogP) is 1.77. The molecule has 16 heavy (non-hydrogen) atoms. The summed E-state index contributed by atoms with van der Waals surface area (Å²) < 4.78 is 0. The van der Waals surface area contributed by atoms with Crippen LogP contribution in [0.1, 0.15) is 25.8 Å². The topological polar surface area (TPSA) is 68.9 Å². The number of nitrogens with zero attached hydrogens (tertiary/aromatic N) is 2. The van der Waals surface area contributed by atoms with Gasteiger partial charge >= 0.3 is 0 Å². The molecule has 1 unspecified atom stereocenters. The van der Waals surface area contributed by atoms with Gasteiger partial charge in [-0.1, -0.05) is 13.8 Å². The number of nitrogens with one attached hydrogen (secondary N) is 1. The Labute approximate surface area is 95.9 Å². The summed E-state index contributed by atoms with van der Waals surface area (Å²) in [6, 6.07) is 5.63. The summed E-state index contributed by atoms with van der Waals surface area (Å²) in [7, 11) is 0. The van der Waals surface area contributed by atoms with Gasteiger partial charge in [-0.15, -0.1) is 0 Å². The smallest absolute Gasteiger partial charge is 0.127 e. The lowest BCUT2D eigenvalue weighted by molar-refractivity contribution is 0.267. The molecule has 1 aromatic rings. The highest BCUT2D eigenvalue weighted by Gasteiger charge is 2.12. The molecule has 86 valence electrons. The zero-order valence-corrected chi connectivity index (χ0v) is 9.64. The lowest BCUT2D eigenvalue weighted by Gasteiger charge is -2.22. The summed E-state index contributed by atoms with van der Waals surface area (Å²) in [5.41, 5.74) is 0.587. The Morgan fingerprint density at radius 1 is 1.56 bits per heavy atom. The highest BCUT2D eigenvalue weighted by atomic mass is 16.3. The van der Waals surface area contributed by atoms with E-state index in [1.54, 1.807) is 18.3 Å². The second-order valence-electron chi connectivity index (χ2n) is 4.05. The number of aliphatic hydroxyl groups is 1. The van der Waals surface area contributed by atoms with E-state index in [0.717, 1.165) is 0 Å². The first-order chi connectivity index (χ1) is 7.67. The van der Waals surface area contributed by atoms with Crippen molar-refractivity contribution in [3.63, 3.8) is 0 Å². The Kier molecular flexibility index (Phi) is 4.74. The second-order valence-corrected chi connectivity index (χ2v) is 4.05. The molecule has 1 rings (SSSR count). The highest BCUT2D eigenvalue weighted by Crippen LogP contribution is 2.13. The molecule has 1 atom stereocenters. The molecule has 1 heterocycles. The molecule has 2 N–H and O–H groups in total. The minimum absolute atomic E-state index is 0.147. The zero-order valence-electron chi connectivity index (χ0n) is 9.64. The molecule has 0 saturated carbocycles. The van der Waals surface area contributed by atoms with Crippen LogP contribution in [0.25, 0.3) is 0 Å². The average molecular weight is 219 g/mol. The van der Waals surface area contributed by atoms with Crippen LogP contribution in [0, 0.1) is 17.2 Å². The SMILES string of the molecule is CC(C)C(CCO)Nc1cc(C#N)ccn1. The summed E-state index contributed by atoms with van der Waals surface area (Å²) in [5, 5.41) is 20.9. The maximum atomic E-state index is 8.95. The van der Waals surface area contributed by atoms with Crippen molar-refractivity contribution in [3.8, 4) is 6.07 Å². The molecule has 0 aromatic carbocycles. The second kappa shape index (κ2) is 6.09. The molecule has 0 aliphatic carbocycles. The predicted molar refractivity (Wildman–Crippen MR) is 62.9 cm³/mol. The van der Waals surface area contributed by atoms with E-state index in [1.807, 2.05) is 0 Å². The Morgan fingerprint density at radius 2 is 2.31 bits per heavy atom. The summed E-state index contributed by atoms with van der Waals surface area (Å²) in [5.74, 6) is 1.09. The van der Waals surface area contributed by atoms with E-state index in [4.69, 9.17) is 10.4 Å². The Balaban J connectivity index is 2.73. The van der Waals surface area contributed by atoms with Crippen LogP contribution in [0.3, 0.4) is 0 Å². The number of hydrogen-bond donors (Lipinski definition) is 2. The van der Waals surface area contributed by atoms with Crippen LogP contribution in [0.15, 0.2) is 18.3 Å². The van der Waals surface area contributed by atoms with Crippen LogP contribution in [-0.4, -0.2) is 22.7 Å². The van der Waals surface area contributed by atoms with Crippen LogP contribution < -0.4 is 5.32 Å². The molecule has 0 spiro atoms. The number of anilines is 1. The third-order valence-electron chi connectivity index (χ3n) is 2.47. The first-order valence-electron chi connectivity index (χ1n) is 5.41. The quantitative estimate of drug-likeness (QED) is 0.792. The number of aliphatic hydroxyl groups excluding tert-OH is 1. The van der Waals surface area contributed by atoms with Gasteiger partial charge in [0.2, 0.25) is 0 Å². The number of hydrogen-bond acceptors (Lipinski definition) is 4. The van der Waals surface area contributed by atoms with Crippen LogP contribution in [0.2, 0.25) is 0 Å². The summed E-state index contributed by atoms with van der Waals surface area (Å²) in [4.78, 5) is 4.15. The van der Waals surface area contributed by atoms with Crippen molar-refractivity contribution < 1.29 is 5.11 Å². The van der Waals surface area contributed by atoms with Gasteiger partial charge in [-0.2, -0.15) is 5.26 Å². The third kappa shape index (κ3) is 3.52. The highest BCUT2D eigenvalue weighted by molar-refractivity contribution is 5.43. The van der Waals surface area contributed by atoms with Crippen molar-refractivity contribution in [1.29, 1.82) is 5.26 Å². The Hall–Kier alpha value is -1.60. The van der Waals surface area contributed by atoms with Crippen LogP contribution in [0.4, 0.5) is 5.82 Å². The van der Waals surface area contributed by atoms with Crippen molar-refractivity contribution in [2.45, 2.75) is 26.3 Å². The minimum atomic E-state index is 0.147. The third-order valence-corrected chi connectivity index (χ3v) is 2.47. The van der Waals surface area contributed by atoms with E-state index < -0.39 is 0 Å². The fourth-order valence-corrected chi connectivity index (χ4v) is 1.48. The molecule has 1 aromatic heterocycles. The first-order valence-corrected chi connectivity index (χ1v) is 5.41. The molecule has 0 aliphatic heterocycles. The maximum Gasteiger partial charge on any atom is 0.127 e. The van der Waals surface area contributed by atoms with Crippen molar-refractivity contribution >= 4 is 5.82 Å². The average Bonchev–Trinajstić information content (AvgIpc) is 2.28. The molecule has 0 fully saturated rings. The lowest BCUT2D eigenvalue weighted by Crippen LogP contribution is -2.27. The summed E-state index contributed by atoms with van der Waals surface area (Å²) in [6.07, 6.45) is 2.29. The standard InChI is InChI=1S/C12H17N3O/c1-9(2)11(4-6-16)15-12-7-10(8-13)3-5-14-12/h3,5,7,9,11,16H,4,6H2,1-2H3,(H,14,15). The summed E-state index contributed by atoms with van der Waals surface area (Å²) >= 11 is 0. The largest absolute Gasteiger partial charge is 0.396 e. The number of nitriles is 1. The number of aromatic nitrogens is 1. The van der Waals surface area contributed by atoms with Crippen molar-refractivity contribution in [3.05, 3.63) is 23.9 Å². The van der Waals surface area contributed by atoms with Crippen LogP contribution in [0.5, 0.6) is 0 Å². The van der Waals surface area contributed by atoms with E-state index in [1.165, 1.54) is 0 Å². The first kappa shape index (κ1) is 12.5. The van der Waals surface area contributed by atoms with Gasteiger partial charge in [-0.3, -0.25) is 0 Å². The molecule has 0 saturated heterocycles. The number of pyridine rings is 1. The molecule has 4 nitrogen and oxygen atoms in total. The van der Waals surface area contributed by atoms with Gasteiger partial charge in [0.25, 0.3) is 0 Å². The van der Waals surface area contributed by atoms with Crippen molar-refractivity contribution in [1.82, 2.24) is 4.98 Å². The van der Waals surface area contributed by atoms with Gasteiger partial charge in [-0.25, -0.2) is 4.98 Å². The fraction of sp³-hybridized carbons (Fsp3) is 0.500. The van der Waals surface area contributed by atoms with Gasteiger partial charge < -0.3 is 10.4 Å². The van der Waals surface area contributed by atoms with Crippen molar-refractivity contribution in [2.75, 3.05) is 11.9 Å². The summed E-state index contributed by atoms with van der Waals surface area (Å²) in [6.45, 7) is 4.32. The Bertz CT molecular complexity index is 371. The minimum Gasteiger partial charge on any atom is -0.396 e. The van der Waals surface area contributed by atoms with E-state index >= 15 is 0 Å². The number of rotatable bonds is 5. The molecule has 0 amide bonds. The van der Waals surface area contributed by atoms with Gasteiger partial charge in [-0.05, 0) is 24.5 Å². The molecule has 0 radical (unpaired) electrons. The normalized spacial score (nSPS) is 12.2. The lowest BCUT2D eigenvalue weighted by atomic mass is 10.0. The molecule has 0 bridgehead atoms.